The zero-order valence-electron chi connectivity index (χ0n) is 12.0. The van der Waals surface area contributed by atoms with E-state index in [1.807, 2.05) is 7.05 Å². The minimum Gasteiger partial charge on any atom is -0.340 e. The van der Waals surface area contributed by atoms with E-state index in [9.17, 15) is 13.2 Å². The van der Waals surface area contributed by atoms with E-state index in [1.54, 1.807) is 43.1 Å². The Balaban J connectivity index is 2.98. The van der Waals surface area contributed by atoms with E-state index in [0.717, 1.165) is 0 Å². The topological polar surface area (TPSA) is 78.5 Å². The van der Waals surface area contributed by atoms with Crippen LogP contribution in [-0.2, 0) is 10.0 Å². The summed E-state index contributed by atoms with van der Waals surface area (Å²) in [6.45, 7) is 2.76. The van der Waals surface area contributed by atoms with Gasteiger partial charge in [0.1, 0.15) is 0 Å². The molecule has 0 aliphatic rings. The van der Waals surface area contributed by atoms with Crippen molar-refractivity contribution in [3.8, 4) is 0 Å². The number of carbonyl (C=O) groups is 1. The summed E-state index contributed by atoms with van der Waals surface area (Å²) >= 11 is 0. The molecule has 1 rings (SSSR count). The molecule has 6 nitrogen and oxygen atoms in total. The molecule has 20 heavy (non-hydrogen) atoms. The van der Waals surface area contributed by atoms with Gasteiger partial charge in [-0.05, 0) is 26.1 Å². The molecule has 0 unspecified atom stereocenters. The monoisotopic (exact) mass is 299 g/mol. The van der Waals surface area contributed by atoms with Crippen molar-refractivity contribution in [2.75, 3.05) is 37.7 Å². The van der Waals surface area contributed by atoms with Crippen molar-refractivity contribution >= 4 is 21.6 Å². The van der Waals surface area contributed by atoms with Crippen molar-refractivity contribution in [3.63, 3.8) is 0 Å². The standard InChI is InChI=1S/C13H21N3O3S/c1-4-20(18,19)15-12-8-6-5-7-11(12)13(17)16(3)10-9-14-2/h5-8,14-15H,4,9-10H2,1-3H3. The molecular formula is C13H21N3O3S. The van der Waals surface area contributed by atoms with E-state index >= 15 is 0 Å². The number of sulfonamides is 1. The van der Waals surface area contributed by atoms with Crippen LogP contribution in [-0.4, -0.2) is 52.2 Å². The Morgan fingerprint density at radius 3 is 2.55 bits per heavy atom. The smallest absolute Gasteiger partial charge is 0.255 e. The fourth-order valence-electron chi connectivity index (χ4n) is 1.58. The molecule has 2 N–H and O–H groups in total. The van der Waals surface area contributed by atoms with Gasteiger partial charge in [0, 0.05) is 20.1 Å². The number of carbonyl (C=O) groups excluding carboxylic acids is 1. The van der Waals surface area contributed by atoms with Crippen molar-refractivity contribution < 1.29 is 13.2 Å². The summed E-state index contributed by atoms with van der Waals surface area (Å²) in [7, 11) is 0.0882. The van der Waals surface area contributed by atoms with E-state index in [2.05, 4.69) is 10.0 Å². The highest BCUT2D eigenvalue weighted by Crippen LogP contribution is 2.18. The normalized spacial score (nSPS) is 11.2. The Morgan fingerprint density at radius 1 is 1.30 bits per heavy atom. The molecule has 0 fully saturated rings. The number of hydrogen-bond acceptors (Lipinski definition) is 4. The number of amides is 1. The molecule has 0 radical (unpaired) electrons. The van der Waals surface area contributed by atoms with E-state index in [4.69, 9.17) is 0 Å². The third-order valence-electron chi connectivity index (χ3n) is 2.85. The summed E-state index contributed by atoms with van der Waals surface area (Å²) in [5.41, 5.74) is 0.666. The van der Waals surface area contributed by atoms with Crippen molar-refractivity contribution in [2.24, 2.45) is 0 Å². The quantitative estimate of drug-likeness (QED) is 0.778. The maximum Gasteiger partial charge on any atom is 0.255 e. The summed E-state index contributed by atoms with van der Waals surface area (Å²) in [6, 6.07) is 6.61. The molecule has 0 spiro atoms. The summed E-state index contributed by atoms with van der Waals surface area (Å²) in [6.07, 6.45) is 0. The van der Waals surface area contributed by atoms with E-state index in [0.29, 0.717) is 24.3 Å². The number of benzene rings is 1. The highest BCUT2D eigenvalue weighted by Gasteiger charge is 2.17. The van der Waals surface area contributed by atoms with Crippen LogP contribution in [0.2, 0.25) is 0 Å². The number of para-hydroxylation sites is 1. The van der Waals surface area contributed by atoms with Crippen LogP contribution in [0.25, 0.3) is 0 Å². The molecule has 0 saturated heterocycles. The predicted octanol–water partition coefficient (Wildman–Crippen LogP) is 0.740. The Labute approximate surface area is 120 Å². The van der Waals surface area contributed by atoms with Crippen LogP contribution in [0.3, 0.4) is 0 Å². The lowest BCUT2D eigenvalue weighted by molar-refractivity contribution is 0.0798. The molecule has 0 aliphatic carbocycles. The molecule has 0 bridgehead atoms. The third kappa shape index (κ3) is 4.50. The molecule has 1 amide bonds. The lowest BCUT2D eigenvalue weighted by Crippen LogP contribution is -2.33. The lowest BCUT2D eigenvalue weighted by atomic mass is 10.1. The van der Waals surface area contributed by atoms with Crippen LogP contribution in [0.4, 0.5) is 5.69 Å². The average molecular weight is 299 g/mol. The Bertz CT molecular complexity index is 558. The molecule has 7 heteroatoms. The van der Waals surface area contributed by atoms with Crippen molar-refractivity contribution in [1.82, 2.24) is 10.2 Å². The first-order chi connectivity index (χ1) is 9.41. The zero-order valence-corrected chi connectivity index (χ0v) is 12.8. The summed E-state index contributed by atoms with van der Waals surface area (Å²) < 4.78 is 25.7. The largest absolute Gasteiger partial charge is 0.340 e. The van der Waals surface area contributed by atoms with Gasteiger partial charge in [0.05, 0.1) is 17.0 Å². The van der Waals surface area contributed by atoms with Gasteiger partial charge in [-0.2, -0.15) is 0 Å². The fourth-order valence-corrected chi connectivity index (χ4v) is 2.24. The molecule has 0 saturated carbocycles. The summed E-state index contributed by atoms with van der Waals surface area (Å²) in [4.78, 5) is 13.9. The van der Waals surface area contributed by atoms with E-state index in [-0.39, 0.29) is 11.7 Å². The van der Waals surface area contributed by atoms with E-state index < -0.39 is 10.0 Å². The minimum absolute atomic E-state index is 0.0366. The SMILES string of the molecule is CCS(=O)(=O)Nc1ccccc1C(=O)N(C)CCNC. The lowest BCUT2D eigenvalue weighted by Gasteiger charge is -2.19. The van der Waals surface area contributed by atoms with Crippen LogP contribution in [0.1, 0.15) is 17.3 Å². The van der Waals surface area contributed by atoms with Crippen LogP contribution >= 0.6 is 0 Å². The van der Waals surface area contributed by atoms with Crippen LogP contribution < -0.4 is 10.0 Å². The van der Waals surface area contributed by atoms with Gasteiger partial charge in [0.15, 0.2) is 0 Å². The predicted molar refractivity (Wildman–Crippen MR) is 80.4 cm³/mol. The Kier molecular flexibility index (Phi) is 5.97. The molecule has 0 heterocycles. The molecule has 1 aromatic carbocycles. The van der Waals surface area contributed by atoms with Gasteiger partial charge >= 0.3 is 0 Å². The van der Waals surface area contributed by atoms with E-state index in [1.165, 1.54) is 0 Å². The molecule has 0 aliphatic heterocycles. The third-order valence-corrected chi connectivity index (χ3v) is 4.14. The first-order valence-corrected chi connectivity index (χ1v) is 8.06. The maximum atomic E-state index is 12.3. The highest BCUT2D eigenvalue weighted by atomic mass is 32.2. The van der Waals surface area contributed by atoms with Gasteiger partial charge in [0.2, 0.25) is 10.0 Å². The first-order valence-electron chi connectivity index (χ1n) is 6.41. The van der Waals surface area contributed by atoms with Crippen LogP contribution in [0.5, 0.6) is 0 Å². The number of anilines is 1. The van der Waals surface area contributed by atoms with Crippen molar-refractivity contribution in [1.29, 1.82) is 0 Å². The van der Waals surface area contributed by atoms with Gasteiger partial charge in [-0.1, -0.05) is 12.1 Å². The second-order valence-electron chi connectivity index (χ2n) is 4.38. The highest BCUT2D eigenvalue weighted by molar-refractivity contribution is 7.92. The number of nitrogens with one attached hydrogen (secondary N) is 2. The van der Waals surface area contributed by atoms with Crippen molar-refractivity contribution in [2.45, 2.75) is 6.92 Å². The first kappa shape index (κ1) is 16.5. The molecule has 0 aromatic heterocycles. The van der Waals surface area contributed by atoms with Gasteiger partial charge in [0.25, 0.3) is 5.91 Å². The van der Waals surface area contributed by atoms with Gasteiger partial charge in [-0.3, -0.25) is 9.52 Å². The second-order valence-corrected chi connectivity index (χ2v) is 6.39. The van der Waals surface area contributed by atoms with Gasteiger partial charge in [-0.15, -0.1) is 0 Å². The number of likely N-dealkylation sites (N-methyl/N-ethyl adjacent to an activating group) is 2. The maximum absolute atomic E-state index is 12.3. The summed E-state index contributed by atoms with van der Waals surface area (Å²) in [5.74, 6) is -0.250. The molecule has 112 valence electrons. The van der Waals surface area contributed by atoms with Crippen LogP contribution in [0, 0.1) is 0 Å². The Hall–Kier alpha value is -1.60. The van der Waals surface area contributed by atoms with Gasteiger partial charge in [-0.25, -0.2) is 8.42 Å². The molecule has 0 atom stereocenters. The molecule has 1 aromatic rings. The fraction of sp³-hybridized carbons (Fsp3) is 0.462. The average Bonchev–Trinajstić information content (AvgIpc) is 2.44. The van der Waals surface area contributed by atoms with Gasteiger partial charge < -0.3 is 10.2 Å². The number of rotatable bonds is 7. The Morgan fingerprint density at radius 2 is 1.95 bits per heavy atom. The zero-order chi connectivity index (χ0) is 15.2. The second kappa shape index (κ2) is 7.25. The molecular weight excluding hydrogens is 278 g/mol. The number of hydrogen-bond donors (Lipinski definition) is 2. The van der Waals surface area contributed by atoms with Crippen LogP contribution in [0.15, 0.2) is 24.3 Å². The minimum atomic E-state index is -3.40. The number of nitrogens with zero attached hydrogens (tertiary/aromatic N) is 1. The van der Waals surface area contributed by atoms with Crippen molar-refractivity contribution in [3.05, 3.63) is 29.8 Å². The summed E-state index contributed by atoms with van der Waals surface area (Å²) in [5, 5.41) is 2.96.